The summed E-state index contributed by atoms with van der Waals surface area (Å²) in [6, 6.07) is 17.4. The van der Waals surface area contributed by atoms with Gasteiger partial charge in [0.05, 0.1) is 11.3 Å². The molecule has 7 heteroatoms. The van der Waals surface area contributed by atoms with Gasteiger partial charge in [-0.2, -0.15) is 0 Å². The predicted molar refractivity (Wildman–Crippen MR) is 102 cm³/mol. The fourth-order valence-corrected chi connectivity index (χ4v) is 3.32. The van der Waals surface area contributed by atoms with Gasteiger partial charge in [0.2, 0.25) is 5.91 Å². The summed E-state index contributed by atoms with van der Waals surface area (Å²) in [4.78, 5) is 17.1. The van der Waals surface area contributed by atoms with Crippen molar-refractivity contribution in [3.05, 3.63) is 60.8 Å². The van der Waals surface area contributed by atoms with Crippen LogP contribution in [0, 0.1) is 0 Å². The molecule has 2 aromatic heterocycles. The van der Waals surface area contributed by atoms with Gasteiger partial charge in [-0.25, -0.2) is 0 Å². The number of hydrogen-bond acceptors (Lipinski definition) is 5. The number of benzene rings is 2. The normalized spacial score (nSPS) is 11.0. The Hall–Kier alpha value is -3.06. The number of thioether (sulfide) groups is 1. The van der Waals surface area contributed by atoms with Gasteiger partial charge in [0, 0.05) is 29.8 Å². The monoisotopic (exact) mass is 364 g/mol. The van der Waals surface area contributed by atoms with Crippen molar-refractivity contribution in [2.75, 3.05) is 17.7 Å². The second-order valence-electron chi connectivity index (χ2n) is 5.70. The number of para-hydroxylation sites is 2. The summed E-state index contributed by atoms with van der Waals surface area (Å²) in [7, 11) is 1.75. The number of fused-ring (bicyclic) bond motifs is 1. The van der Waals surface area contributed by atoms with Crippen molar-refractivity contribution in [1.29, 1.82) is 0 Å². The van der Waals surface area contributed by atoms with E-state index >= 15 is 0 Å². The number of H-pyrrole nitrogens is 1. The van der Waals surface area contributed by atoms with Crippen molar-refractivity contribution in [2.45, 2.75) is 5.22 Å². The summed E-state index contributed by atoms with van der Waals surface area (Å²) >= 11 is 1.23. The molecule has 0 atom stereocenters. The van der Waals surface area contributed by atoms with Crippen molar-refractivity contribution in [3.63, 3.8) is 0 Å². The van der Waals surface area contributed by atoms with Gasteiger partial charge < -0.3 is 14.3 Å². The predicted octanol–water partition coefficient (Wildman–Crippen LogP) is 3.97. The molecule has 0 fully saturated rings. The highest BCUT2D eigenvalue weighted by atomic mass is 32.2. The Bertz CT molecular complexity index is 1040. The maximum atomic E-state index is 12.3. The Kier molecular flexibility index (Phi) is 4.45. The van der Waals surface area contributed by atoms with Gasteiger partial charge in [-0.05, 0) is 18.2 Å². The zero-order valence-corrected chi connectivity index (χ0v) is 14.9. The number of aromatic amines is 1. The van der Waals surface area contributed by atoms with Crippen LogP contribution in [0.25, 0.3) is 22.4 Å². The fraction of sp³-hybridized carbons (Fsp3) is 0.105. The number of aromatic nitrogens is 3. The van der Waals surface area contributed by atoms with E-state index in [1.807, 2.05) is 60.8 Å². The maximum Gasteiger partial charge on any atom is 0.277 e. The fourth-order valence-electron chi connectivity index (χ4n) is 2.64. The molecule has 0 spiro atoms. The number of carbonyl (C=O) groups excluding carboxylic acids is 1. The molecule has 4 aromatic rings. The number of anilines is 1. The van der Waals surface area contributed by atoms with E-state index in [4.69, 9.17) is 4.42 Å². The smallest absolute Gasteiger partial charge is 0.277 e. The summed E-state index contributed by atoms with van der Waals surface area (Å²) in [5.74, 6) is 0.628. The van der Waals surface area contributed by atoms with Crippen LogP contribution in [0.2, 0.25) is 0 Å². The molecule has 0 saturated heterocycles. The van der Waals surface area contributed by atoms with E-state index in [-0.39, 0.29) is 11.7 Å². The van der Waals surface area contributed by atoms with Crippen LogP contribution < -0.4 is 4.90 Å². The third-order valence-electron chi connectivity index (χ3n) is 4.06. The SMILES string of the molecule is CN(C(=O)CSc1nnc(-c2c[nH]c3ccccc23)o1)c1ccccc1. The quantitative estimate of drug-likeness (QED) is 0.542. The first kappa shape index (κ1) is 16.4. The number of rotatable bonds is 5. The summed E-state index contributed by atoms with van der Waals surface area (Å²) in [6.45, 7) is 0. The molecule has 4 rings (SSSR count). The van der Waals surface area contributed by atoms with Gasteiger partial charge in [-0.1, -0.05) is 48.2 Å². The van der Waals surface area contributed by atoms with Gasteiger partial charge in [0.25, 0.3) is 11.1 Å². The Morgan fingerprint density at radius 1 is 1.12 bits per heavy atom. The lowest BCUT2D eigenvalue weighted by molar-refractivity contribution is -0.115. The molecule has 0 aliphatic carbocycles. The molecular weight excluding hydrogens is 348 g/mol. The molecule has 0 aliphatic heterocycles. The minimum atomic E-state index is -0.0342. The average Bonchev–Trinajstić information content (AvgIpc) is 3.32. The average molecular weight is 364 g/mol. The topological polar surface area (TPSA) is 75.0 Å². The summed E-state index contributed by atoms with van der Waals surface area (Å²) in [6.07, 6.45) is 1.85. The van der Waals surface area contributed by atoms with E-state index in [1.54, 1.807) is 11.9 Å². The molecular formula is C19H16N4O2S. The molecule has 0 radical (unpaired) electrons. The van der Waals surface area contributed by atoms with Gasteiger partial charge in [-0.3, -0.25) is 4.79 Å². The van der Waals surface area contributed by atoms with Crippen molar-refractivity contribution < 1.29 is 9.21 Å². The van der Waals surface area contributed by atoms with Crippen molar-refractivity contribution in [1.82, 2.24) is 15.2 Å². The van der Waals surface area contributed by atoms with Crippen molar-refractivity contribution >= 4 is 34.3 Å². The molecule has 26 heavy (non-hydrogen) atoms. The van der Waals surface area contributed by atoms with Gasteiger partial charge >= 0.3 is 0 Å². The maximum absolute atomic E-state index is 12.3. The third kappa shape index (κ3) is 3.21. The van der Waals surface area contributed by atoms with Crippen LogP contribution in [0.4, 0.5) is 5.69 Å². The minimum Gasteiger partial charge on any atom is -0.411 e. The first-order valence-electron chi connectivity index (χ1n) is 8.07. The van der Waals surface area contributed by atoms with E-state index < -0.39 is 0 Å². The Morgan fingerprint density at radius 2 is 1.88 bits per heavy atom. The molecule has 130 valence electrons. The van der Waals surface area contributed by atoms with Gasteiger partial charge in [0.15, 0.2) is 0 Å². The molecule has 0 bridgehead atoms. The van der Waals surface area contributed by atoms with Gasteiger partial charge in [0.1, 0.15) is 0 Å². The molecule has 6 nitrogen and oxygen atoms in total. The highest BCUT2D eigenvalue weighted by Gasteiger charge is 2.16. The van der Waals surface area contributed by atoms with E-state index in [0.717, 1.165) is 22.2 Å². The lowest BCUT2D eigenvalue weighted by Gasteiger charge is -2.16. The molecule has 0 saturated carbocycles. The molecule has 0 aliphatic rings. The van der Waals surface area contributed by atoms with Crippen LogP contribution in [-0.4, -0.2) is 33.9 Å². The molecule has 1 amide bonds. The van der Waals surface area contributed by atoms with Gasteiger partial charge in [-0.15, -0.1) is 10.2 Å². The minimum absolute atomic E-state index is 0.0342. The number of nitrogens with one attached hydrogen (secondary N) is 1. The summed E-state index contributed by atoms with van der Waals surface area (Å²) < 4.78 is 5.72. The van der Waals surface area contributed by atoms with Crippen molar-refractivity contribution in [3.8, 4) is 11.5 Å². The standard InChI is InChI=1S/C19H16N4O2S/c1-23(13-7-3-2-4-8-13)17(24)12-26-19-22-21-18(25-19)15-11-20-16-10-6-5-9-14(15)16/h2-11,20H,12H2,1H3. The Labute approximate surface area is 154 Å². The van der Waals surface area contributed by atoms with E-state index in [0.29, 0.717) is 11.1 Å². The van der Waals surface area contributed by atoms with Crippen LogP contribution in [0.1, 0.15) is 0 Å². The molecule has 2 heterocycles. The lowest BCUT2D eigenvalue weighted by atomic mass is 10.2. The first-order valence-corrected chi connectivity index (χ1v) is 9.05. The zero-order valence-electron chi connectivity index (χ0n) is 14.0. The van der Waals surface area contributed by atoms with Crippen LogP contribution in [0.3, 0.4) is 0 Å². The van der Waals surface area contributed by atoms with Crippen LogP contribution >= 0.6 is 11.8 Å². The van der Waals surface area contributed by atoms with Crippen molar-refractivity contribution in [2.24, 2.45) is 0 Å². The van der Waals surface area contributed by atoms with E-state index in [2.05, 4.69) is 15.2 Å². The summed E-state index contributed by atoms with van der Waals surface area (Å²) in [5.41, 5.74) is 2.71. The molecule has 0 unspecified atom stereocenters. The number of nitrogens with zero attached hydrogens (tertiary/aromatic N) is 3. The lowest BCUT2D eigenvalue weighted by Crippen LogP contribution is -2.27. The second kappa shape index (κ2) is 7.05. The molecule has 1 N–H and O–H groups in total. The first-order chi connectivity index (χ1) is 12.7. The second-order valence-corrected chi connectivity index (χ2v) is 6.62. The summed E-state index contributed by atoms with van der Waals surface area (Å²) in [5, 5.41) is 9.55. The number of carbonyl (C=O) groups is 1. The highest BCUT2D eigenvalue weighted by Crippen LogP contribution is 2.29. The Balaban J connectivity index is 1.45. The van der Waals surface area contributed by atoms with Crippen LogP contribution in [-0.2, 0) is 4.79 Å². The number of amides is 1. The zero-order chi connectivity index (χ0) is 17.9. The van der Waals surface area contributed by atoms with Crippen LogP contribution in [0.15, 0.2) is 70.4 Å². The Morgan fingerprint density at radius 3 is 2.73 bits per heavy atom. The highest BCUT2D eigenvalue weighted by molar-refractivity contribution is 7.99. The van der Waals surface area contributed by atoms with Crippen LogP contribution in [0.5, 0.6) is 0 Å². The number of hydrogen-bond donors (Lipinski definition) is 1. The largest absolute Gasteiger partial charge is 0.411 e. The van der Waals surface area contributed by atoms with E-state index in [1.165, 1.54) is 11.8 Å². The molecule has 2 aromatic carbocycles. The van der Waals surface area contributed by atoms with E-state index in [9.17, 15) is 4.79 Å². The third-order valence-corrected chi connectivity index (χ3v) is 4.87.